The van der Waals surface area contributed by atoms with Gasteiger partial charge in [0.05, 0.1) is 6.42 Å². The molecule has 0 aromatic carbocycles. The van der Waals surface area contributed by atoms with Gasteiger partial charge in [-0.25, -0.2) is 18.6 Å². The number of hydrogen-bond donors (Lipinski definition) is 4. The summed E-state index contributed by atoms with van der Waals surface area (Å²) in [5, 5.41) is 38.2. The van der Waals surface area contributed by atoms with Gasteiger partial charge in [-0.05, 0) is 32.1 Å². The summed E-state index contributed by atoms with van der Waals surface area (Å²) >= 11 is 0. The lowest BCUT2D eigenvalue weighted by molar-refractivity contribution is -0.173. The zero-order valence-electron chi connectivity index (χ0n) is 15.3. The second-order valence-corrected chi connectivity index (χ2v) is 6.73. The van der Waals surface area contributed by atoms with E-state index >= 15 is 0 Å². The molecule has 0 saturated carbocycles. The highest BCUT2D eigenvalue weighted by molar-refractivity contribution is 5.92. The van der Waals surface area contributed by atoms with Crippen molar-refractivity contribution in [2.45, 2.75) is 36.8 Å². The average Bonchev–Trinajstić information content (AvgIpc) is 2.60. The van der Waals surface area contributed by atoms with E-state index in [-0.39, 0.29) is 18.4 Å². The summed E-state index contributed by atoms with van der Waals surface area (Å²) in [5.74, 6) is -8.71. The molecular weight excluding hydrogens is 398 g/mol. The van der Waals surface area contributed by atoms with Crippen LogP contribution in [0, 0.1) is 0 Å². The highest BCUT2D eigenvalue weighted by Gasteiger charge is 2.53. The molecule has 1 aromatic heterocycles. The number of halogens is 2. The molecule has 2 heterocycles. The highest BCUT2D eigenvalue weighted by Crippen LogP contribution is 2.37. The number of carboxylic acid groups (broad SMARTS) is 3. The first-order valence-corrected chi connectivity index (χ1v) is 8.49. The quantitative estimate of drug-likeness (QED) is 0.423. The van der Waals surface area contributed by atoms with Gasteiger partial charge in [0.2, 0.25) is 0 Å². The Morgan fingerprint density at radius 3 is 2.38 bits per heavy atom. The molecule has 4 N–H and O–H groups in total. The third kappa shape index (κ3) is 4.77. The summed E-state index contributed by atoms with van der Waals surface area (Å²) in [4.78, 5) is 39.9. The minimum atomic E-state index is -3.35. The summed E-state index contributed by atoms with van der Waals surface area (Å²) in [5.41, 5.74) is -5.01. The lowest BCUT2D eigenvalue weighted by atomic mass is 9.81. The Kier molecular flexibility index (Phi) is 6.69. The van der Waals surface area contributed by atoms with Crippen LogP contribution in [0.2, 0.25) is 0 Å². The fourth-order valence-corrected chi connectivity index (χ4v) is 2.97. The smallest absolute Gasteiger partial charge is 0.337 e. The second kappa shape index (κ2) is 8.66. The summed E-state index contributed by atoms with van der Waals surface area (Å²) < 4.78 is 31.7. The van der Waals surface area contributed by atoms with Crippen LogP contribution in [0.1, 0.15) is 36.6 Å². The van der Waals surface area contributed by atoms with Crippen LogP contribution in [0.4, 0.5) is 8.78 Å². The minimum Gasteiger partial charge on any atom is -0.490 e. The van der Waals surface area contributed by atoms with Crippen LogP contribution in [0.5, 0.6) is 5.75 Å². The Labute approximate surface area is 163 Å². The van der Waals surface area contributed by atoms with Crippen LogP contribution >= 0.6 is 0 Å². The van der Waals surface area contributed by atoms with E-state index in [0.717, 1.165) is 25.1 Å². The zero-order chi connectivity index (χ0) is 21.9. The van der Waals surface area contributed by atoms with E-state index in [0.29, 0.717) is 0 Å². The molecule has 2 unspecified atom stereocenters. The van der Waals surface area contributed by atoms with Gasteiger partial charge >= 0.3 is 17.9 Å². The predicted molar refractivity (Wildman–Crippen MR) is 90.9 cm³/mol. The maximum absolute atomic E-state index is 13.1. The van der Waals surface area contributed by atoms with E-state index in [1.165, 1.54) is 0 Å². The topological polar surface area (TPSA) is 157 Å². The first kappa shape index (κ1) is 22.4. The van der Waals surface area contributed by atoms with Crippen LogP contribution in [-0.2, 0) is 14.4 Å². The van der Waals surface area contributed by atoms with Crippen molar-refractivity contribution in [3.8, 4) is 5.75 Å². The first-order chi connectivity index (χ1) is 13.5. The maximum Gasteiger partial charge on any atom is 0.337 e. The number of carbonyl (C=O) groups is 3. The Morgan fingerprint density at radius 2 is 1.97 bits per heavy atom. The fourth-order valence-electron chi connectivity index (χ4n) is 2.97. The summed E-state index contributed by atoms with van der Waals surface area (Å²) in [6.07, 6.45) is -3.84. The molecule has 0 spiro atoms. The van der Waals surface area contributed by atoms with Crippen molar-refractivity contribution in [3.63, 3.8) is 0 Å². The molecular formula is C17H20F2N2O8. The van der Waals surface area contributed by atoms with Crippen molar-refractivity contribution in [3.05, 3.63) is 23.5 Å². The number of aliphatic carboxylic acids is 3. The van der Waals surface area contributed by atoms with Crippen LogP contribution in [0.25, 0.3) is 0 Å². The SMILES string of the molecule is CN1CC[C@H]1COc1ccc(C(F)F)nc1C(C(=O)O)C(O)(CC(=O)O)C(=O)O. The molecule has 3 atom stereocenters. The monoisotopic (exact) mass is 418 g/mol. The van der Waals surface area contributed by atoms with Crippen molar-refractivity contribution in [1.29, 1.82) is 0 Å². The van der Waals surface area contributed by atoms with E-state index in [1.54, 1.807) is 0 Å². The normalized spacial score (nSPS) is 19.8. The van der Waals surface area contributed by atoms with Gasteiger partial charge in [0.25, 0.3) is 6.43 Å². The average molecular weight is 418 g/mol. The number of ether oxygens (including phenoxy) is 1. The Hall–Kier alpha value is -2.86. The number of hydrogen-bond acceptors (Lipinski definition) is 7. The molecule has 0 bridgehead atoms. The van der Waals surface area contributed by atoms with Gasteiger partial charge in [-0.2, -0.15) is 0 Å². The van der Waals surface area contributed by atoms with Gasteiger partial charge in [-0.3, -0.25) is 14.5 Å². The van der Waals surface area contributed by atoms with Crippen molar-refractivity contribution in [2.75, 3.05) is 20.2 Å². The van der Waals surface area contributed by atoms with Crippen molar-refractivity contribution < 1.29 is 48.3 Å². The van der Waals surface area contributed by atoms with Crippen LogP contribution in [0.3, 0.4) is 0 Å². The molecule has 10 nitrogen and oxygen atoms in total. The zero-order valence-corrected chi connectivity index (χ0v) is 15.3. The van der Waals surface area contributed by atoms with Crippen molar-refractivity contribution >= 4 is 17.9 Å². The number of pyridine rings is 1. The van der Waals surface area contributed by atoms with Gasteiger partial charge in [-0.1, -0.05) is 0 Å². The van der Waals surface area contributed by atoms with E-state index in [1.807, 2.05) is 11.9 Å². The van der Waals surface area contributed by atoms with Crippen molar-refractivity contribution in [2.24, 2.45) is 0 Å². The fraction of sp³-hybridized carbons (Fsp3) is 0.529. The number of nitrogens with zero attached hydrogens (tertiary/aromatic N) is 2. The molecule has 1 aliphatic rings. The van der Waals surface area contributed by atoms with Gasteiger partial charge in [0, 0.05) is 6.04 Å². The summed E-state index contributed by atoms with van der Waals surface area (Å²) in [6.45, 7) is 0.842. The molecule has 0 amide bonds. The van der Waals surface area contributed by atoms with Gasteiger partial charge in [0.1, 0.15) is 29.7 Å². The maximum atomic E-state index is 13.1. The Balaban J connectivity index is 2.54. The molecule has 1 fully saturated rings. The molecule has 0 radical (unpaired) electrons. The van der Waals surface area contributed by atoms with E-state index in [9.17, 15) is 38.5 Å². The standard InChI is InChI=1S/C17H20F2N2O8/c1-21-5-4-8(21)7-29-10-3-2-9(14(18)19)20-13(10)12(15(24)25)17(28,16(26)27)6-11(22)23/h2-3,8,12,14,28H,4-7H2,1H3,(H,22,23)(H,24,25)(H,26,27)/t8-,12?,17?/m0/s1. The largest absolute Gasteiger partial charge is 0.490 e. The minimum absolute atomic E-state index is 0.0294. The number of aromatic nitrogens is 1. The lowest BCUT2D eigenvalue weighted by Crippen LogP contribution is -2.50. The molecule has 160 valence electrons. The van der Waals surface area contributed by atoms with Crippen molar-refractivity contribution in [1.82, 2.24) is 9.88 Å². The van der Waals surface area contributed by atoms with E-state index in [4.69, 9.17) is 9.84 Å². The number of carboxylic acids is 3. The number of rotatable bonds is 10. The summed E-state index contributed by atoms with van der Waals surface area (Å²) in [6, 6.07) is 1.85. The number of likely N-dealkylation sites (N-methyl/N-ethyl adjacent to an activating group) is 1. The molecule has 1 aromatic rings. The Morgan fingerprint density at radius 1 is 1.31 bits per heavy atom. The number of alkyl halides is 2. The van der Waals surface area contributed by atoms with E-state index < -0.39 is 53.7 Å². The van der Waals surface area contributed by atoms with Gasteiger partial charge in [0.15, 0.2) is 5.60 Å². The molecule has 12 heteroatoms. The summed E-state index contributed by atoms with van der Waals surface area (Å²) in [7, 11) is 1.81. The predicted octanol–water partition coefficient (Wildman–Crippen LogP) is 0.561. The highest BCUT2D eigenvalue weighted by atomic mass is 19.3. The number of likely N-dealkylation sites (tertiary alicyclic amines) is 1. The third-order valence-electron chi connectivity index (χ3n) is 4.79. The molecule has 1 aliphatic heterocycles. The van der Waals surface area contributed by atoms with Gasteiger partial charge in [-0.15, -0.1) is 0 Å². The molecule has 1 saturated heterocycles. The van der Waals surface area contributed by atoms with Crippen LogP contribution in [0.15, 0.2) is 12.1 Å². The van der Waals surface area contributed by atoms with Crippen LogP contribution < -0.4 is 4.74 Å². The molecule has 29 heavy (non-hydrogen) atoms. The lowest BCUT2D eigenvalue weighted by Gasteiger charge is -2.37. The Bertz CT molecular complexity index is 806. The first-order valence-electron chi connectivity index (χ1n) is 8.49. The van der Waals surface area contributed by atoms with E-state index in [2.05, 4.69) is 4.98 Å². The second-order valence-electron chi connectivity index (χ2n) is 6.73. The third-order valence-corrected chi connectivity index (χ3v) is 4.79. The molecule has 2 rings (SSSR count). The van der Waals surface area contributed by atoms with Gasteiger partial charge < -0.3 is 25.2 Å². The number of aliphatic hydroxyl groups is 1. The van der Waals surface area contributed by atoms with Crippen LogP contribution in [-0.4, -0.2) is 80.1 Å². The molecule has 0 aliphatic carbocycles.